The van der Waals surface area contributed by atoms with E-state index in [4.69, 9.17) is 4.74 Å². The van der Waals surface area contributed by atoms with Gasteiger partial charge in [0.05, 0.1) is 4.90 Å². The fourth-order valence-electron chi connectivity index (χ4n) is 2.55. The summed E-state index contributed by atoms with van der Waals surface area (Å²) in [5, 5.41) is 2.65. The van der Waals surface area contributed by atoms with E-state index in [2.05, 4.69) is 21.2 Å². The van der Waals surface area contributed by atoms with Crippen LogP contribution in [-0.4, -0.2) is 26.8 Å². The number of carbonyl (C=O) groups is 2. The van der Waals surface area contributed by atoms with Gasteiger partial charge in [0.1, 0.15) is 5.75 Å². The number of nitrogens with one attached hydrogen (secondary N) is 2. The minimum absolute atomic E-state index is 0.0751. The van der Waals surface area contributed by atoms with Gasteiger partial charge in [-0.25, -0.2) is 13.1 Å². The summed E-state index contributed by atoms with van der Waals surface area (Å²) in [4.78, 5) is 23.1. The molecule has 2 N–H and O–H groups in total. The van der Waals surface area contributed by atoms with Crippen molar-refractivity contribution in [3.63, 3.8) is 0 Å². The Morgan fingerprint density at radius 2 is 1.76 bits per heavy atom. The molecule has 0 saturated heterocycles. The molecular weight excluding hydrogens is 460 g/mol. The largest absolute Gasteiger partial charge is 0.483 e. The van der Waals surface area contributed by atoms with Crippen LogP contribution in [-0.2, 0) is 19.6 Å². The second kappa shape index (κ2) is 9.41. The maximum atomic E-state index is 12.2. The van der Waals surface area contributed by atoms with Gasteiger partial charge >= 0.3 is 0 Å². The average molecular weight is 483 g/mol. The van der Waals surface area contributed by atoms with Gasteiger partial charge in [-0.05, 0) is 60.4 Å². The maximum absolute atomic E-state index is 12.2. The predicted octanol–water partition coefficient (Wildman–Crippen LogP) is 3.72. The maximum Gasteiger partial charge on any atom is 0.264 e. The van der Waals surface area contributed by atoms with Gasteiger partial charge < -0.3 is 10.1 Å². The molecule has 29 heavy (non-hydrogen) atoms. The molecule has 0 unspecified atom stereocenters. The molecule has 2 aromatic carbocycles. The number of hydrogen-bond acceptors (Lipinski definition) is 5. The summed E-state index contributed by atoms with van der Waals surface area (Å²) < 4.78 is 32.4. The van der Waals surface area contributed by atoms with Crippen LogP contribution in [0.3, 0.4) is 0 Å². The first-order valence-corrected chi connectivity index (χ1v) is 11.1. The van der Waals surface area contributed by atoms with E-state index in [-0.39, 0.29) is 23.3 Å². The summed E-state index contributed by atoms with van der Waals surface area (Å²) in [7, 11) is -3.91. The molecule has 2 rings (SSSR count). The van der Waals surface area contributed by atoms with Crippen molar-refractivity contribution in [3.8, 4) is 5.75 Å². The Bertz CT molecular complexity index is 1020. The van der Waals surface area contributed by atoms with E-state index in [0.29, 0.717) is 11.4 Å². The van der Waals surface area contributed by atoms with Gasteiger partial charge in [0.15, 0.2) is 6.61 Å². The van der Waals surface area contributed by atoms with E-state index in [1.165, 1.54) is 24.3 Å². The second-order valence-electron chi connectivity index (χ2n) is 6.82. The zero-order valence-electron chi connectivity index (χ0n) is 16.6. The fraction of sp³-hybridized carbons (Fsp3) is 0.300. The Balaban J connectivity index is 2.04. The highest BCUT2D eigenvalue weighted by atomic mass is 79.9. The van der Waals surface area contributed by atoms with Gasteiger partial charge in [-0.15, -0.1) is 0 Å². The molecule has 0 atom stereocenters. The van der Waals surface area contributed by atoms with Crippen LogP contribution in [0.1, 0.15) is 37.8 Å². The van der Waals surface area contributed by atoms with Crippen molar-refractivity contribution < 1.29 is 22.7 Å². The number of amides is 2. The van der Waals surface area contributed by atoms with E-state index in [1.807, 2.05) is 37.6 Å². The highest BCUT2D eigenvalue weighted by Gasteiger charge is 2.16. The SMILES string of the molecule is CC(=O)NS(=O)(=O)c1ccc(NC(=O)COc2cc(C)c(Br)cc2C(C)C)cc1. The van der Waals surface area contributed by atoms with E-state index in [0.717, 1.165) is 22.5 Å². The Hall–Kier alpha value is -2.39. The van der Waals surface area contributed by atoms with Gasteiger partial charge in [-0.2, -0.15) is 0 Å². The molecule has 0 fully saturated rings. The van der Waals surface area contributed by atoms with E-state index >= 15 is 0 Å². The predicted molar refractivity (Wildman–Crippen MR) is 115 cm³/mol. The lowest BCUT2D eigenvalue weighted by Crippen LogP contribution is -2.28. The second-order valence-corrected chi connectivity index (χ2v) is 9.35. The molecular formula is C20H23BrN2O5S. The standard InChI is InChI=1S/C20H23BrN2O5S/c1-12(2)17-10-18(21)13(3)9-19(17)28-11-20(25)22-15-5-7-16(8-6-15)29(26,27)23-14(4)24/h5-10,12H,11H2,1-4H3,(H,22,25)(H,23,24). The number of carbonyl (C=O) groups excluding carboxylic acids is 2. The van der Waals surface area contributed by atoms with Crippen LogP contribution in [0.4, 0.5) is 5.69 Å². The van der Waals surface area contributed by atoms with Gasteiger partial charge in [0.2, 0.25) is 5.91 Å². The quantitative estimate of drug-likeness (QED) is 0.625. The molecule has 0 aliphatic carbocycles. The molecule has 0 radical (unpaired) electrons. The first-order valence-electron chi connectivity index (χ1n) is 8.85. The molecule has 0 aliphatic heterocycles. The van der Waals surface area contributed by atoms with Crippen LogP contribution in [0.15, 0.2) is 45.8 Å². The number of anilines is 1. The summed E-state index contributed by atoms with van der Waals surface area (Å²) >= 11 is 3.50. The highest BCUT2D eigenvalue weighted by Crippen LogP contribution is 2.32. The number of hydrogen-bond donors (Lipinski definition) is 2. The fourth-order valence-corrected chi connectivity index (χ4v) is 3.90. The van der Waals surface area contributed by atoms with E-state index < -0.39 is 15.9 Å². The van der Waals surface area contributed by atoms with Crippen LogP contribution in [0.5, 0.6) is 5.75 Å². The molecule has 0 aliphatic rings. The third-order valence-corrected chi connectivity index (χ3v) is 6.30. The average Bonchev–Trinajstić information content (AvgIpc) is 2.61. The Kier molecular flexibility index (Phi) is 7.43. The summed E-state index contributed by atoms with van der Waals surface area (Å²) in [5.74, 6) is -0.183. The number of sulfonamides is 1. The highest BCUT2D eigenvalue weighted by molar-refractivity contribution is 9.10. The van der Waals surface area contributed by atoms with Crippen LogP contribution in [0, 0.1) is 6.92 Å². The van der Waals surface area contributed by atoms with Gasteiger partial charge in [0.25, 0.3) is 15.9 Å². The normalized spacial score (nSPS) is 11.2. The lowest BCUT2D eigenvalue weighted by Gasteiger charge is -2.16. The van der Waals surface area contributed by atoms with Crippen molar-refractivity contribution in [3.05, 3.63) is 52.0 Å². The Morgan fingerprint density at radius 3 is 2.31 bits per heavy atom. The number of halogens is 1. The zero-order valence-corrected chi connectivity index (χ0v) is 19.0. The number of rotatable bonds is 7. The van der Waals surface area contributed by atoms with Crippen molar-refractivity contribution in [2.24, 2.45) is 0 Å². The lowest BCUT2D eigenvalue weighted by molar-refractivity contribution is -0.118. The van der Waals surface area contributed by atoms with Crippen LogP contribution < -0.4 is 14.8 Å². The monoisotopic (exact) mass is 482 g/mol. The smallest absolute Gasteiger partial charge is 0.264 e. The molecule has 2 amide bonds. The van der Waals surface area contributed by atoms with Crippen molar-refractivity contribution in [2.75, 3.05) is 11.9 Å². The molecule has 0 bridgehead atoms. The number of ether oxygens (including phenoxy) is 1. The molecule has 0 spiro atoms. The van der Waals surface area contributed by atoms with Crippen molar-refractivity contribution in [1.29, 1.82) is 0 Å². The van der Waals surface area contributed by atoms with Crippen LogP contribution in [0.25, 0.3) is 0 Å². The molecule has 0 aromatic heterocycles. The molecule has 9 heteroatoms. The molecule has 0 saturated carbocycles. The first kappa shape index (κ1) is 22.9. The van der Waals surface area contributed by atoms with E-state index in [1.54, 1.807) is 0 Å². The Labute approximate surface area is 179 Å². The molecule has 0 heterocycles. The lowest BCUT2D eigenvalue weighted by atomic mass is 10.0. The Morgan fingerprint density at radius 1 is 1.14 bits per heavy atom. The van der Waals surface area contributed by atoms with Crippen molar-refractivity contribution in [1.82, 2.24) is 4.72 Å². The number of benzene rings is 2. The van der Waals surface area contributed by atoms with E-state index in [9.17, 15) is 18.0 Å². The summed E-state index contributed by atoms with van der Waals surface area (Å²) in [6.07, 6.45) is 0. The first-order chi connectivity index (χ1) is 13.5. The minimum atomic E-state index is -3.91. The third kappa shape index (κ3) is 6.30. The molecule has 156 valence electrons. The van der Waals surface area contributed by atoms with Gasteiger partial charge in [0, 0.05) is 17.1 Å². The molecule has 2 aromatic rings. The zero-order chi connectivity index (χ0) is 21.8. The summed E-state index contributed by atoms with van der Waals surface area (Å²) in [6.45, 7) is 6.95. The van der Waals surface area contributed by atoms with Crippen molar-refractivity contribution >= 4 is 43.5 Å². The van der Waals surface area contributed by atoms with Gasteiger partial charge in [-0.3, -0.25) is 9.59 Å². The third-order valence-electron chi connectivity index (χ3n) is 4.00. The topological polar surface area (TPSA) is 102 Å². The minimum Gasteiger partial charge on any atom is -0.483 e. The summed E-state index contributed by atoms with van der Waals surface area (Å²) in [6, 6.07) is 9.36. The van der Waals surface area contributed by atoms with Crippen molar-refractivity contribution in [2.45, 2.75) is 38.5 Å². The molecule has 7 nitrogen and oxygen atoms in total. The van der Waals surface area contributed by atoms with Gasteiger partial charge in [-0.1, -0.05) is 29.8 Å². The van der Waals surface area contributed by atoms with Crippen LogP contribution in [0.2, 0.25) is 0 Å². The summed E-state index contributed by atoms with van der Waals surface area (Å²) in [5.41, 5.74) is 2.40. The van der Waals surface area contributed by atoms with Crippen LogP contribution >= 0.6 is 15.9 Å². The number of aryl methyl sites for hydroxylation is 1.